The lowest BCUT2D eigenvalue weighted by atomic mass is 10.2. The zero-order chi connectivity index (χ0) is 16.1. The molecule has 0 saturated heterocycles. The third-order valence-corrected chi connectivity index (χ3v) is 3.07. The Bertz CT molecular complexity index is 722. The highest BCUT2D eigenvalue weighted by Gasteiger charge is 2.16. The fourth-order valence-corrected chi connectivity index (χ4v) is 2.07. The van der Waals surface area contributed by atoms with Gasteiger partial charge in [0.15, 0.2) is 0 Å². The summed E-state index contributed by atoms with van der Waals surface area (Å²) in [6, 6.07) is 7.27. The molecule has 0 saturated carbocycles. The third kappa shape index (κ3) is 3.63. The van der Waals surface area contributed by atoms with Crippen LogP contribution in [0.25, 0.3) is 11.0 Å². The summed E-state index contributed by atoms with van der Waals surface area (Å²) in [6.07, 6.45) is 0.561. The maximum absolute atomic E-state index is 12.5. The highest BCUT2D eigenvalue weighted by atomic mass is 16.7. The highest BCUT2D eigenvalue weighted by Crippen LogP contribution is 2.14. The molecule has 1 aromatic heterocycles. The van der Waals surface area contributed by atoms with Crippen LogP contribution in [0.5, 0.6) is 5.88 Å². The summed E-state index contributed by atoms with van der Waals surface area (Å²) in [5.74, 6) is -0.250. The first-order chi connectivity index (χ1) is 10.5. The monoisotopic (exact) mass is 304 g/mol. The lowest BCUT2D eigenvalue weighted by Crippen LogP contribution is -2.27. The van der Waals surface area contributed by atoms with E-state index in [9.17, 15) is 9.59 Å². The molecule has 6 nitrogen and oxygen atoms in total. The fourth-order valence-electron chi connectivity index (χ4n) is 2.07. The molecule has 0 radical (unpaired) electrons. The van der Waals surface area contributed by atoms with E-state index in [-0.39, 0.29) is 12.0 Å². The molecule has 118 valence electrons. The molecule has 2 aromatic rings. The lowest BCUT2D eigenvalue weighted by Gasteiger charge is -2.12. The van der Waals surface area contributed by atoms with Gasteiger partial charge in [0.05, 0.1) is 17.1 Å². The third-order valence-electron chi connectivity index (χ3n) is 3.07. The summed E-state index contributed by atoms with van der Waals surface area (Å²) in [4.78, 5) is 28.2. The van der Waals surface area contributed by atoms with Crippen molar-refractivity contribution in [3.8, 4) is 5.88 Å². The van der Waals surface area contributed by atoms with Crippen LogP contribution in [0.2, 0.25) is 0 Å². The summed E-state index contributed by atoms with van der Waals surface area (Å²) in [7, 11) is 0. The van der Waals surface area contributed by atoms with Gasteiger partial charge in [0, 0.05) is 6.54 Å². The number of ether oxygens (including phenoxy) is 2. The highest BCUT2D eigenvalue weighted by molar-refractivity contribution is 5.75. The molecule has 6 heteroatoms. The van der Waals surface area contributed by atoms with Crippen molar-refractivity contribution < 1.29 is 14.3 Å². The molecule has 0 aliphatic carbocycles. The van der Waals surface area contributed by atoms with Crippen molar-refractivity contribution in [1.82, 2.24) is 9.55 Å². The van der Waals surface area contributed by atoms with E-state index >= 15 is 0 Å². The van der Waals surface area contributed by atoms with Crippen LogP contribution in [-0.2, 0) is 11.3 Å². The van der Waals surface area contributed by atoms with Gasteiger partial charge in [-0.3, -0.25) is 4.79 Å². The van der Waals surface area contributed by atoms with E-state index in [1.54, 1.807) is 24.5 Å². The molecule has 22 heavy (non-hydrogen) atoms. The number of para-hydroxylation sites is 2. The molecular formula is C16H20N2O4. The van der Waals surface area contributed by atoms with E-state index in [0.29, 0.717) is 12.1 Å². The van der Waals surface area contributed by atoms with Gasteiger partial charge in [-0.25, -0.2) is 9.78 Å². The molecular weight excluding hydrogens is 284 g/mol. The predicted octanol–water partition coefficient (Wildman–Crippen LogP) is 3.12. The molecule has 1 aromatic carbocycles. The number of carbonyl (C=O) groups is 1. The quantitative estimate of drug-likeness (QED) is 0.794. The van der Waals surface area contributed by atoms with Crippen LogP contribution in [0.4, 0.5) is 4.79 Å². The van der Waals surface area contributed by atoms with Crippen LogP contribution in [-0.4, -0.2) is 21.8 Å². The Hall–Kier alpha value is -2.37. The number of benzene rings is 1. The van der Waals surface area contributed by atoms with Gasteiger partial charge >= 0.3 is 11.7 Å². The zero-order valence-electron chi connectivity index (χ0n) is 13.0. The Labute approximate surface area is 128 Å². The van der Waals surface area contributed by atoms with Crippen LogP contribution in [0.1, 0.15) is 33.6 Å². The molecule has 0 amide bonds. The lowest BCUT2D eigenvalue weighted by molar-refractivity contribution is 0.0710. The minimum atomic E-state index is -0.920. The van der Waals surface area contributed by atoms with Crippen LogP contribution in [0, 0.1) is 0 Å². The Balaban J connectivity index is 2.44. The van der Waals surface area contributed by atoms with Crippen molar-refractivity contribution in [3.05, 3.63) is 34.6 Å². The molecule has 0 unspecified atom stereocenters. The number of aromatic nitrogens is 2. The normalized spacial score (nSPS) is 10.9. The predicted molar refractivity (Wildman–Crippen MR) is 83.2 cm³/mol. The largest absolute Gasteiger partial charge is 0.515 e. The van der Waals surface area contributed by atoms with E-state index in [2.05, 4.69) is 4.98 Å². The zero-order valence-corrected chi connectivity index (χ0v) is 13.0. The summed E-state index contributed by atoms with van der Waals surface area (Å²) in [5, 5.41) is 0. The number of carbonyl (C=O) groups excluding carboxylic acids is 1. The Morgan fingerprint density at radius 3 is 2.73 bits per heavy atom. The second kappa shape index (κ2) is 7.06. The molecule has 0 aliphatic rings. The second-order valence-electron chi connectivity index (χ2n) is 5.23. The van der Waals surface area contributed by atoms with Crippen molar-refractivity contribution in [2.75, 3.05) is 0 Å². The van der Waals surface area contributed by atoms with Crippen molar-refractivity contribution in [2.24, 2.45) is 0 Å². The van der Waals surface area contributed by atoms with Crippen LogP contribution in [0.3, 0.4) is 0 Å². The maximum atomic E-state index is 12.5. The van der Waals surface area contributed by atoms with Crippen LogP contribution >= 0.6 is 0 Å². The molecule has 0 spiro atoms. The topological polar surface area (TPSA) is 70.4 Å². The minimum Gasteiger partial charge on any atom is -0.431 e. The number of fused-ring (bicyclic) bond motifs is 1. The summed E-state index contributed by atoms with van der Waals surface area (Å²) in [6.45, 7) is 6.00. The van der Waals surface area contributed by atoms with Gasteiger partial charge in [0.2, 0.25) is 0 Å². The molecule has 0 aliphatic heterocycles. The number of unbranched alkanes of at least 4 members (excludes halogenated alkanes) is 1. The first kappa shape index (κ1) is 16.0. The standard InChI is InChI=1S/C16H20N2O4/c1-4-5-10-18-13-9-7-6-8-12(13)17-14(15(18)19)22-16(20)21-11(2)3/h6-9,11H,4-5,10H2,1-3H3. The average molecular weight is 304 g/mol. The number of aryl methyl sites for hydroxylation is 1. The molecule has 2 rings (SSSR count). The SMILES string of the molecule is CCCCn1c(=O)c(OC(=O)OC(C)C)nc2ccccc21. The van der Waals surface area contributed by atoms with Gasteiger partial charge in [0.1, 0.15) is 0 Å². The Morgan fingerprint density at radius 2 is 2.05 bits per heavy atom. The van der Waals surface area contributed by atoms with Crippen molar-refractivity contribution in [1.29, 1.82) is 0 Å². The van der Waals surface area contributed by atoms with Crippen molar-refractivity contribution in [3.63, 3.8) is 0 Å². The van der Waals surface area contributed by atoms with E-state index < -0.39 is 11.7 Å². The van der Waals surface area contributed by atoms with E-state index in [4.69, 9.17) is 9.47 Å². The van der Waals surface area contributed by atoms with E-state index in [0.717, 1.165) is 18.4 Å². The van der Waals surface area contributed by atoms with Crippen LogP contribution < -0.4 is 10.3 Å². The van der Waals surface area contributed by atoms with Gasteiger partial charge in [-0.15, -0.1) is 0 Å². The summed E-state index contributed by atoms with van der Waals surface area (Å²) >= 11 is 0. The van der Waals surface area contributed by atoms with Crippen LogP contribution in [0.15, 0.2) is 29.1 Å². The van der Waals surface area contributed by atoms with E-state index in [1.807, 2.05) is 25.1 Å². The van der Waals surface area contributed by atoms with Gasteiger partial charge in [0.25, 0.3) is 5.88 Å². The van der Waals surface area contributed by atoms with E-state index in [1.165, 1.54) is 0 Å². The minimum absolute atomic E-state index is 0.250. The van der Waals surface area contributed by atoms with Gasteiger partial charge in [-0.05, 0) is 32.4 Å². The molecule has 0 N–H and O–H groups in total. The number of nitrogens with zero attached hydrogens (tertiary/aromatic N) is 2. The number of hydrogen-bond acceptors (Lipinski definition) is 5. The first-order valence-corrected chi connectivity index (χ1v) is 7.41. The first-order valence-electron chi connectivity index (χ1n) is 7.41. The second-order valence-corrected chi connectivity index (χ2v) is 5.23. The molecule has 0 bridgehead atoms. The number of rotatable bonds is 5. The number of hydrogen-bond donors (Lipinski definition) is 0. The van der Waals surface area contributed by atoms with Gasteiger partial charge < -0.3 is 14.0 Å². The van der Waals surface area contributed by atoms with Crippen molar-refractivity contribution >= 4 is 17.2 Å². The average Bonchev–Trinajstić information content (AvgIpc) is 2.46. The van der Waals surface area contributed by atoms with Gasteiger partial charge in [-0.1, -0.05) is 25.5 Å². The van der Waals surface area contributed by atoms with Crippen molar-refractivity contribution in [2.45, 2.75) is 46.3 Å². The smallest absolute Gasteiger partial charge is 0.431 e. The van der Waals surface area contributed by atoms with Gasteiger partial charge in [-0.2, -0.15) is 0 Å². The molecule has 1 heterocycles. The molecule has 0 atom stereocenters. The fraction of sp³-hybridized carbons (Fsp3) is 0.438. The molecule has 0 fully saturated rings. The Morgan fingerprint density at radius 1 is 1.32 bits per heavy atom. The summed E-state index contributed by atoms with van der Waals surface area (Å²) in [5.41, 5.74) is 0.906. The summed E-state index contributed by atoms with van der Waals surface area (Å²) < 4.78 is 11.5. The Kier molecular flexibility index (Phi) is 5.14. The maximum Gasteiger partial charge on any atom is 0.515 e.